The second-order valence-corrected chi connectivity index (χ2v) is 13.5. The second-order valence-electron chi connectivity index (χ2n) is 6.45. The molecule has 0 aromatic carbocycles. The summed E-state index contributed by atoms with van der Waals surface area (Å²) in [6.45, 7) is 13.7. The van der Waals surface area contributed by atoms with Crippen molar-refractivity contribution in [3.63, 3.8) is 0 Å². The van der Waals surface area contributed by atoms with E-state index in [1.165, 1.54) is 0 Å². The maximum Gasteiger partial charge on any atom is 0.307 e. The predicted molar refractivity (Wildman–Crippen MR) is 89.7 cm³/mol. The van der Waals surface area contributed by atoms with Crippen LogP contribution >= 0.6 is 0 Å². The summed E-state index contributed by atoms with van der Waals surface area (Å²) >= 11 is 0. The van der Waals surface area contributed by atoms with Crippen LogP contribution in [0.2, 0.25) is 32.2 Å². The van der Waals surface area contributed by atoms with Crippen LogP contribution < -0.4 is 0 Å². The molecule has 0 radical (unpaired) electrons. The van der Waals surface area contributed by atoms with Gasteiger partial charge in [0, 0.05) is 26.2 Å². The largest absolute Gasteiger partial charge is 0.463 e. The highest BCUT2D eigenvalue weighted by Gasteiger charge is 2.22. The molecule has 0 aromatic heterocycles. The van der Waals surface area contributed by atoms with E-state index in [4.69, 9.17) is 13.6 Å². The van der Waals surface area contributed by atoms with E-state index in [-0.39, 0.29) is 5.97 Å². The Morgan fingerprint density at radius 1 is 1.19 bits per heavy atom. The molecule has 1 rings (SSSR count). The summed E-state index contributed by atoms with van der Waals surface area (Å²) in [5.74, 6) is -0.116. The van der Waals surface area contributed by atoms with Crippen molar-refractivity contribution in [2.24, 2.45) is 0 Å². The SMILES string of the molecule is C[SiH](C)O[Si](C)(C)CCCOCCOC(=O)CCN1CC1. The van der Waals surface area contributed by atoms with Gasteiger partial charge in [0.15, 0.2) is 17.4 Å². The number of nitrogens with zero attached hydrogens (tertiary/aromatic N) is 1. The van der Waals surface area contributed by atoms with Crippen LogP contribution in [0, 0.1) is 0 Å². The minimum Gasteiger partial charge on any atom is -0.463 e. The number of rotatable bonds is 12. The predicted octanol–water partition coefficient (Wildman–Crippen LogP) is 1.85. The number of esters is 1. The first kappa shape index (κ1) is 18.8. The molecule has 0 saturated carbocycles. The normalized spacial score (nSPS) is 15.5. The molecular formula is C14H31NO4Si2. The van der Waals surface area contributed by atoms with Crippen molar-refractivity contribution in [2.45, 2.75) is 45.1 Å². The molecular weight excluding hydrogens is 302 g/mol. The van der Waals surface area contributed by atoms with Crippen LogP contribution in [-0.2, 0) is 18.4 Å². The highest BCUT2D eigenvalue weighted by Crippen LogP contribution is 2.14. The van der Waals surface area contributed by atoms with E-state index in [9.17, 15) is 4.79 Å². The molecule has 1 saturated heterocycles. The maximum absolute atomic E-state index is 11.4. The average molecular weight is 334 g/mol. The lowest BCUT2D eigenvalue weighted by Gasteiger charge is -2.25. The lowest BCUT2D eigenvalue weighted by Crippen LogP contribution is -2.35. The topological polar surface area (TPSA) is 47.8 Å². The van der Waals surface area contributed by atoms with Crippen molar-refractivity contribution in [1.82, 2.24) is 4.90 Å². The van der Waals surface area contributed by atoms with Crippen LogP contribution in [0.1, 0.15) is 12.8 Å². The van der Waals surface area contributed by atoms with E-state index in [1.807, 2.05) is 0 Å². The Bertz CT molecular complexity index is 309. The standard InChI is InChI=1S/C14H31NO4Si2/c1-20(2)19-21(3,4)13-5-10-17-11-12-18-14(16)6-7-15-8-9-15/h20H,5-13H2,1-4H3. The van der Waals surface area contributed by atoms with Crippen LogP contribution in [0.5, 0.6) is 0 Å². The summed E-state index contributed by atoms with van der Waals surface area (Å²) in [4.78, 5) is 13.6. The van der Waals surface area contributed by atoms with Gasteiger partial charge in [-0.1, -0.05) is 0 Å². The smallest absolute Gasteiger partial charge is 0.307 e. The number of hydrogen-bond donors (Lipinski definition) is 0. The van der Waals surface area contributed by atoms with Gasteiger partial charge in [-0.15, -0.1) is 0 Å². The zero-order chi connectivity index (χ0) is 15.7. The molecule has 0 aromatic rings. The molecule has 1 fully saturated rings. The van der Waals surface area contributed by atoms with Crippen LogP contribution in [0.4, 0.5) is 0 Å². The van der Waals surface area contributed by atoms with Gasteiger partial charge in [-0.05, 0) is 38.7 Å². The number of hydrogen-bond acceptors (Lipinski definition) is 5. The van der Waals surface area contributed by atoms with Gasteiger partial charge in [-0.3, -0.25) is 4.79 Å². The van der Waals surface area contributed by atoms with Crippen molar-refractivity contribution in [1.29, 1.82) is 0 Å². The summed E-state index contributed by atoms with van der Waals surface area (Å²) in [5.41, 5.74) is 0. The van der Waals surface area contributed by atoms with Crippen molar-refractivity contribution in [3.8, 4) is 0 Å². The lowest BCUT2D eigenvalue weighted by molar-refractivity contribution is -0.145. The molecule has 0 bridgehead atoms. The minimum absolute atomic E-state index is 0.116. The fourth-order valence-electron chi connectivity index (χ4n) is 2.23. The average Bonchev–Trinajstić information content (AvgIpc) is 3.17. The van der Waals surface area contributed by atoms with Gasteiger partial charge in [-0.25, -0.2) is 0 Å². The minimum atomic E-state index is -1.48. The first-order valence-corrected chi connectivity index (χ1v) is 13.9. The zero-order valence-electron chi connectivity index (χ0n) is 14.0. The summed E-state index contributed by atoms with van der Waals surface area (Å²) in [6.07, 6.45) is 1.53. The van der Waals surface area contributed by atoms with Crippen LogP contribution in [0.15, 0.2) is 0 Å². The zero-order valence-corrected chi connectivity index (χ0v) is 16.2. The summed E-state index contributed by atoms with van der Waals surface area (Å²) in [6, 6.07) is 1.13. The fraction of sp³-hybridized carbons (Fsp3) is 0.929. The molecule has 7 heteroatoms. The Kier molecular flexibility index (Phi) is 8.73. The quantitative estimate of drug-likeness (QED) is 0.236. The van der Waals surface area contributed by atoms with Gasteiger partial charge in [0.1, 0.15) is 6.61 Å². The Balaban J connectivity index is 1.88. The van der Waals surface area contributed by atoms with E-state index in [0.29, 0.717) is 19.6 Å². The molecule has 124 valence electrons. The van der Waals surface area contributed by atoms with Crippen LogP contribution in [-0.4, -0.2) is 67.7 Å². The molecule has 0 atom stereocenters. The second kappa shape index (κ2) is 9.73. The lowest BCUT2D eigenvalue weighted by atomic mass is 10.4. The van der Waals surface area contributed by atoms with Crippen molar-refractivity contribution in [3.05, 3.63) is 0 Å². The molecule has 1 heterocycles. The Morgan fingerprint density at radius 3 is 2.52 bits per heavy atom. The molecule has 0 amide bonds. The van der Waals surface area contributed by atoms with Crippen LogP contribution in [0.3, 0.4) is 0 Å². The Labute approximate surface area is 131 Å². The van der Waals surface area contributed by atoms with Gasteiger partial charge in [0.2, 0.25) is 0 Å². The van der Waals surface area contributed by atoms with E-state index in [0.717, 1.165) is 38.7 Å². The van der Waals surface area contributed by atoms with Crippen molar-refractivity contribution in [2.75, 3.05) is 39.5 Å². The van der Waals surface area contributed by atoms with E-state index >= 15 is 0 Å². The first-order valence-electron chi connectivity index (χ1n) is 8.02. The molecule has 0 N–H and O–H groups in total. The van der Waals surface area contributed by atoms with E-state index in [1.54, 1.807) is 0 Å². The molecule has 0 spiro atoms. The van der Waals surface area contributed by atoms with Gasteiger partial charge >= 0.3 is 5.97 Å². The van der Waals surface area contributed by atoms with E-state index in [2.05, 4.69) is 31.1 Å². The van der Waals surface area contributed by atoms with Crippen molar-refractivity contribution >= 4 is 23.3 Å². The molecule has 21 heavy (non-hydrogen) atoms. The molecule has 0 aliphatic carbocycles. The summed E-state index contributed by atoms with van der Waals surface area (Å²) in [5, 5.41) is 0. The molecule has 5 nitrogen and oxygen atoms in total. The monoisotopic (exact) mass is 333 g/mol. The highest BCUT2D eigenvalue weighted by molar-refractivity contribution is 6.77. The number of ether oxygens (including phenoxy) is 2. The Morgan fingerprint density at radius 2 is 1.90 bits per heavy atom. The third kappa shape index (κ3) is 11.1. The third-order valence-corrected chi connectivity index (χ3v) is 9.28. The maximum atomic E-state index is 11.4. The highest BCUT2D eigenvalue weighted by atomic mass is 28.4. The fourth-order valence-corrected chi connectivity index (χ4v) is 8.80. The van der Waals surface area contributed by atoms with E-state index < -0.39 is 17.4 Å². The number of carbonyl (C=O) groups is 1. The molecule has 1 aliphatic rings. The third-order valence-electron chi connectivity index (χ3n) is 3.28. The van der Waals surface area contributed by atoms with Crippen LogP contribution in [0.25, 0.3) is 0 Å². The molecule has 1 aliphatic heterocycles. The van der Waals surface area contributed by atoms with Crippen molar-refractivity contribution < 1.29 is 18.4 Å². The first-order chi connectivity index (χ1) is 9.89. The van der Waals surface area contributed by atoms with Gasteiger partial charge in [0.25, 0.3) is 0 Å². The summed E-state index contributed by atoms with van der Waals surface area (Å²) in [7, 11) is -2.40. The van der Waals surface area contributed by atoms with Gasteiger partial charge in [0.05, 0.1) is 13.0 Å². The summed E-state index contributed by atoms with van der Waals surface area (Å²) < 4.78 is 16.7. The van der Waals surface area contributed by atoms with Gasteiger partial charge < -0.3 is 18.5 Å². The number of carbonyl (C=O) groups excluding carboxylic acids is 1. The van der Waals surface area contributed by atoms with Gasteiger partial charge in [-0.2, -0.15) is 0 Å². The molecule has 0 unspecified atom stereocenters. The Hall–Kier alpha value is -0.216.